The number of nitrogens with one attached hydrogen (secondary N) is 1. The largest absolute Gasteiger partial charge is 0.307 e. The van der Waals surface area contributed by atoms with Gasteiger partial charge < -0.3 is 4.57 Å². The lowest BCUT2D eigenvalue weighted by atomic mass is 10.3. The minimum Gasteiger partial charge on any atom is -0.306 e. The van der Waals surface area contributed by atoms with E-state index in [9.17, 15) is 9.59 Å². The standard InChI is InChI=1S/C7H11N3O2S/c8-9-6(11)2-1-3-10-4-5-13-7(10)12/h4-5H,1-3,8H2,(H,9,11). The Labute approximate surface area is 79.1 Å². The molecule has 3 N–H and O–H groups in total. The first-order valence-corrected chi connectivity index (χ1v) is 4.75. The molecule has 0 saturated heterocycles. The molecule has 0 atom stereocenters. The highest BCUT2D eigenvalue weighted by Crippen LogP contribution is 1.95. The van der Waals surface area contributed by atoms with Crippen LogP contribution in [0.3, 0.4) is 0 Å². The fourth-order valence-electron chi connectivity index (χ4n) is 0.939. The average molecular weight is 201 g/mol. The van der Waals surface area contributed by atoms with E-state index in [4.69, 9.17) is 5.84 Å². The van der Waals surface area contributed by atoms with Crippen LogP contribution in [0, 0.1) is 0 Å². The van der Waals surface area contributed by atoms with Crippen LogP contribution in [0.15, 0.2) is 16.4 Å². The van der Waals surface area contributed by atoms with Crippen LogP contribution >= 0.6 is 11.3 Å². The maximum Gasteiger partial charge on any atom is 0.307 e. The molecule has 0 aliphatic heterocycles. The monoisotopic (exact) mass is 201 g/mol. The third-order valence-electron chi connectivity index (χ3n) is 1.61. The van der Waals surface area contributed by atoms with E-state index >= 15 is 0 Å². The molecule has 0 radical (unpaired) electrons. The summed E-state index contributed by atoms with van der Waals surface area (Å²) < 4.78 is 1.58. The topological polar surface area (TPSA) is 77.1 Å². The van der Waals surface area contributed by atoms with Crippen molar-refractivity contribution < 1.29 is 4.79 Å². The molecular formula is C7H11N3O2S. The molecule has 0 fully saturated rings. The van der Waals surface area contributed by atoms with Crippen molar-refractivity contribution in [3.05, 3.63) is 21.2 Å². The zero-order chi connectivity index (χ0) is 9.68. The van der Waals surface area contributed by atoms with E-state index < -0.39 is 0 Å². The lowest BCUT2D eigenvalue weighted by Crippen LogP contribution is -2.30. The Morgan fingerprint density at radius 3 is 3.00 bits per heavy atom. The summed E-state index contributed by atoms with van der Waals surface area (Å²) in [6.45, 7) is 0.565. The van der Waals surface area contributed by atoms with Gasteiger partial charge in [0.15, 0.2) is 0 Å². The minimum absolute atomic E-state index is 0.00755. The molecule has 1 heterocycles. The van der Waals surface area contributed by atoms with Crippen molar-refractivity contribution >= 4 is 17.2 Å². The lowest BCUT2D eigenvalue weighted by molar-refractivity contribution is -0.121. The quantitative estimate of drug-likeness (QED) is 0.398. The average Bonchev–Trinajstić information content (AvgIpc) is 2.52. The van der Waals surface area contributed by atoms with Gasteiger partial charge in [0, 0.05) is 24.5 Å². The molecule has 0 aliphatic rings. The van der Waals surface area contributed by atoms with E-state index in [-0.39, 0.29) is 10.8 Å². The smallest absolute Gasteiger partial charge is 0.306 e. The van der Waals surface area contributed by atoms with Crippen molar-refractivity contribution in [1.82, 2.24) is 9.99 Å². The minimum atomic E-state index is -0.205. The number of hydrogen-bond acceptors (Lipinski definition) is 4. The number of carbonyl (C=O) groups is 1. The Kier molecular flexibility index (Phi) is 3.66. The maximum atomic E-state index is 11.0. The van der Waals surface area contributed by atoms with E-state index in [0.717, 1.165) is 11.3 Å². The third kappa shape index (κ3) is 3.00. The number of hydrogen-bond donors (Lipinski definition) is 2. The van der Waals surface area contributed by atoms with E-state index in [0.29, 0.717) is 19.4 Å². The van der Waals surface area contributed by atoms with Crippen molar-refractivity contribution in [3.8, 4) is 0 Å². The van der Waals surface area contributed by atoms with Crippen LogP contribution in [0.1, 0.15) is 12.8 Å². The maximum absolute atomic E-state index is 11.0. The van der Waals surface area contributed by atoms with Crippen LogP contribution in [-0.4, -0.2) is 10.5 Å². The summed E-state index contributed by atoms with van der Waals surface area (Å²) in [6, 6.07) is 0. The molecule has 0 unspecified atom stereocenters. The molecule has 0 aliphatic carbocycles. The van der Waals surface area contributed by atoms with Crippen LogP contribution in [0.5, 0.6) is 0 Å². The van der Waals surface area contributed by atoms with Gasteiger partial charge in [0.2, 0.25) is 5.91 Å². The summed E-state index contributed by atoms with van der Waals surface area (Å²) >= 11 is 1.15. The number of nitrogens with zero attached hydrogens (tertiary/aromatic N) is 1. The van der Waals surface area contributed by atoms with Crippen molar-refractivity contribution in [2.24, 2.45) is 5.84 Å². The molecule has 1 aromatic rings. The highest BCUT2D eigenvalue weighted by molar-refractivity contribution is 7.07. The zero-order valence-electron chi connectivity index (χ0n) is 7.03. The molecule has 0 spiro atoms. The van der Waals surface area contributed by atoms with Gasteiger partial charge in [-0.2, -0.15) is 0 Å². The molecular weight excluding hydrogens is 190 g/mol. The Hall–Kier alpha value is -1.14. The predicted octanol–water partition coefficient (Wildman–Crippen LogP) is -0.320. The van der Waals surface area contributed by atoms with Crippen molar-refractivity contribution in [3.63, 3.8) is 0 Å². The van der Waals surface area contributed by atoms with Crippen molar-refractivity contribution in [2.75, 3.05) is 0 Å². The first-order valence-electron chi connectivity index (χ1n) is 3.87. The summed E-state index contributed by atoms with van der Waals surface area (Å²) in [7, 11) is 0. The molecule has 13 heavy (non-hydrogen) atoms. The molecule has 0 saturated carbocycles. The highest BCUT2D eigenvalue weighted by atomic mass is 32.1. The van der Waals surface area contributed by atoms with Crippen LogP contribution < -0.4 is 16.1 Å². The van der Waals surface area contributed by atoms with Crippen molar-refractivity contribution in [2.45, 2.75) is 19.4 Å². The van der Waals surface area contributed by atoms with Gasteiger partial charge in [-0.15, -0.1) is 0 Å². The van der Waals surface area contributed by atoms with Crippen LogP contribution in [0.2, 0.25) is 0 Å². The van der Waals surface area contributed by atoms with Gasteiger partial charge in [-0.1, -0.05) is 11.3 Å². The fourth-order valence-corrected chi connectivity index (χ4v) is 1.55. The zero-order valence-corrected chi connectivity index (χ0v) is 7.84. The van der Waals surface area contributed by atoms with E-state index in [1.54, 1.807) is 16.1 Å². The van der Waals surface area contributed by atoms with Gasteiger partial charge >= 0.3 is 4.87 Å². The highest BCUT2D eigenvalue weighted by Gasteiger charge is 1.99. The number of aromatic nitrogens is 1. The molecule has 1 rings (SSSR count). The number of carbonyl (C=O) groups excluding carboxylic acids is 1. The molecule has 72 valence electrons. The van der Waals surface area contributed by atoms with Gasteiger partial charge in [0.05, 0.1) is 0 Å². The lowest BCUT2D eigenvalue weighted by Gasteiger charge is -2.00. The summed E-state index contributed by atoms with van der Waals surface area (Å²) in [5, 5.41) is 1.73. The molecule has 0 aromatic carbocycles. The van der Waals surface area contributed by atoms with Crippen LogP contribution in [-0.2, 0) is 11.3 Å². The summed E-state index contributed by atoms with van der Waals surface area (Å²) in [4.78, 5) is 21.7. The number of thiazole rings is 1. The Balaban J connectivity index is 2.32. The van der Waals surface area contributed by atoms with E-state index in [1.807, 2.05) is 5.43 Å². The Morgan fingerprint density at radius 1 is 1.69 bits per heavy atom. The van der Waals surface area contributed by atoms with Crippen LogP contribution in [0.4, 0.5) is 0 Å². The van der Waals surface area contributed by atoms with Crippen molar-refractivity contribution in [1.29, 1.82) is 0 Å². The van der Waals surface area contributed by atoms with Gasteiger partial charge in [-0.05, 0) is 6.42 Å². The number of aryl methyl sites for hydroxylation is 1. The molecule has 6 heteroatoms. The normalized spacial score (nSPS) is 9.92. The third-order valence-corrected chi connectivity index (χ3v) is 2.30. The molecule has 5 nitrogen and oxygen atoms in total. The first kappa shape index (κ1) is 9.94. The van der Waals surface area contributed by atoms with Gasteiger partial charge in [-0.25, -0.2) is 5.84 Å². The van der Waals surface area contributed by atoms with E-state index in [1.165, 1.54) is 0 Å². The van der Waals surface area contributed by atoms with E-state index in [2.05, 4.69) is 0 Å². The number of nitrogens with two attached hydrogens (primary N) is 1. The van der Waals surface area contributed by atoms with Gasteiger partial charge in [0.1, 0.15) is 0 Å². The summed E-state index contributed by atoms with van der Waals surface area (Å²) in [5.41, 5.74) is 2.04. The Morgan fingerprint density at radius 2 is 2.46 bits per heavy atom. The predicted molar refractivity (Wildman–Crippen MR) is 50.1 cm³/mol. The summed E-state index contributed by atoms with van der Waals surface area (Å²) in [5.74, 6) is 4.69. The van der Waals surface area contributed by atoms with Gasteiger partial charge in [0.25, 0.3) is 0 Å². The molecule has 1 aromatic heterocycles. The SMILES string of the molecule is NNC(=O)CCCn1ccsc1=O. The van der Waals surface area contributed by atoms with Crippen LogP contribution in [0.25, 0.3) is 0 Å². The summed E-state index contributed by atoms with van der Waals surface area (Å²) in [6.07, 6.45) is 2.69. The second-order valence-electron chi connectivity index (χ2n) is 2.53. The first-order chi connectivity index (χ1) is 6.24. The Bertz CT molecular complexity index is 330. The number of hydrazine groups is 1. The number of rotatable bonds is 4. The second-order valence-corrected chi connectivity index (χ2v) is 3.39. The number of amides is 1. The van der Waals surface area contributed by atoms with Gasteiger partial charge in [-0.3, -0.25) is 15.0 Å². The molecule has 1 amide bonds. The molecule has 0 bridgehead atoms. The fraction of sp³-hybridized carbons (Fsp3) is 0.429. The second kappa shape index (κ2) is 4.78.